The number of hydrogen-bond acceptors (Lipinski definition) is 5. The molecule has 2 rings (SSSR count). The highest BCUT2D eigenvalue weighted by Gasteiger charge is 2.30. The van der Waals surface area contributed by atoms with Crippen LogP contribution in [0, 0.1) is 0 Å². The number of hydrogen-bond donors (Lipinski definition) is 2. The molecule has 0 aliphatic carbocycles. The van der Waals surface area contributed by atoms with Crippen LogP contribution in [0.1, 0.15) is 19.5 Å². The lowest BCUT2D eigenvalue weighted by Gasteiger charge is -2.31. The fourth-order valence-corrected chi connectivity index (χ4v) is 2.05. The quantitative estimate of drug-likeness (QED) is 0.766. The van der Waals surface area contributed by atoms with Crippen molar-refractivity contribution in [1.29, 1.82) is 0 Å². The number of nitrogens with one attached hydrogen (secondary N) is 2. The molecule has 0 spiro atoms. The van der Waals surface area contributed by atoms with Gasteiger partial charge in [-0.05, 0) is 26.0 Å². The molecule has 1 aliphatic heterocycles. The van der Waals surface area contributed by atoms with E-state index in [0.717, 1.165) is 17.9 Å². The van der Waals surface area contributed by atoms with Crippen molar-refractivity contribution in [2.45, 2.75) is 26.4 Å². The maximum Gasteiger partial charge on any atom is 0.243 e. The molecule has 0 aromatic carbocycles. The van der Waals surface area contributed by atoms with Crippen LogP contribution in [0.5, 0.6) is 0 Å². The van der Waals surface area contributed by atoms with Gasteiger partial charge in [-0.2, -0.15) is 0 Å². The first-order valence-corrected chi connectivity index (χ1v) is 6.36. The first kappa shape index (κ1) is 13.5. The summed E-state index contributed by atoms with van der Waals surface area (Å²) in [5.41, 5.74) is 1.83. The van der Waals surface area contributed by atoms with Crippen LogP contribution < -0.4 is 10.6 Å². The zero-order chi connectivity index (χ0) is 13.8. The SMILES string of the molecule is CCNc1ccnc(CN2CC(=O)NC(=O)C2C)c1. The average Bonchev–Trinajstić information content (AvgIpc) is 2.36. The molecule has 2 heterocycles. The van der Waals surface area contributed by atoms with Crippen molar-refractivity contribution in [3.63, 3.8) is 0 Å². The minimum absolute atomic E-state index is 0.222. The van der Waals surface area contributed by atoms with E-state index >= 15 is 0 Å². The Bertz CT molecular complexity index is 489. The molecule has 0 radical (unpaired) electrons. The highest BCUT2D eigenvalue weighted by atomic mass is 16.2. The zero-order valence-electron chi connectivity index (χ0n) is 11.1. The topological polar surface area (TPSA) is 74.3 Å². The van der Waals surface area contributed by atoms with Crippen LogP contribution in [-0.4, -0.2) is 40.8 Å². The Morgan fingerprint density at radius 3 is 3.05 bits per heavy atom. The summed E-state index contributed by atoms with van der Waals surface area (Å²) in [5, 5.41) is 5.53. The molecule has 19 heavy (non-hydrogen) atoms. The molecular weight excluding hydrogens is 244 g/mol. The molecular formula is C13H18N4O2. The minimum Gasteiger partial charge on any atom is -0.385 e. The molecule has 2 amide bonds. The smallest absolute Gasteiger partial charge is 0.243 e. The van der Waals surface area contributed by atoms with Crippen molar-refractivity contribution in [2.24, 2.45) is 0 Å². The van der Waals surface area contributed by atoms with E-state index < -0.39 is 0 Å². The number of nitrogens with zero attached hydrogens (tertiary/aromatic N) is 2. The highest BCUT2D eigenvalue weighted by Crippen LogP contribution is 2.13. The summed E-state index contributed by atoms with van der Waals surface area (Å²) in [5.74, 6) is -0.509. The predicted molar refractivity (Wildman–Crippen MR) is 71.4 cm³/mol. The van der Waals surface area contributed by atoms with Crippen LogP contribution in [-0.2, 0) is 16.1 Å². The molecule has 1 atom stereocenters. The van der Waals surface area contributed by atoms with Gasteiger partial charge in [0.05, 0.1) is 18.3 Å². The van der Waals surface area contributed by atoms with Crippen molar-refractivity contribution in [1.82, 2.24) is 15.2 Å². The van der Waals surface area contributed by atoms with Crippen LogP contribution in [0.3, 0.4) is 0 Å². The third kappa shape index (κ3) is 3.29. The Balaban J connectivity index is 2.09. The average molecular weight is 262 g/mol. The number of carbonyl (C=O) groups excluding carboxylic acids is 2. The number of anilines is 1. The first-order chi connectivity index (χ1) is 9.10. The fourth-order valence-electron chi connectivity index (χ4n) is 2.05. The summed E-state index contributed by atoms with van der Waals surface area (Å²) >= 11 is 0. The molecule has 0 saturated carbocycles. The summed E-state index contributed by atoms with van der Waals surface area (Å²) in [6.45, 7) is 5.36. The molecule has 6 heteroatoms. The molecule has 1 aromatic heterocycles. The van der Waals surface area contributed by atoms with Crippen molar-refractivity contribution >= 4 is 17.5 Å². The lowest BCUT2D eigenvalue weighted by molar-refractivity contribution is -0.139. The van der Waals surface area contributed by atoms with E-state index in [1.54, 1.807) is 13.1 Å². The Morgan fingerprint density at radius 1 is 1.53 bits per heavy atom. The first-order valence-electron chi connectivity index (χ1n) is 6.36. The molecule has 1 aliphatic rings. The van der Waals surface area contributed by atoms with Gasteiger partial charge in [0, 0.05) is 25.0 Å². The normalized spacial score (nSPS) is 20.2. The molecule has 102 valence electrons. The van der Waals surface area contributed by atoms with Gasteiger partial charge >= 0.3 is 0 Å². The van der Waals surface area contributed by atoms with Gasteiger partial charge in [-0.25, -0.2) is 0 Å². The zero-order valence-corrected chi connectivity index (χ0v) is 11.1. The van der Waals surface area contributed by atoms with Crippen LogP contribution in [0.15, 0.2) is 18.3 Å². The van der Waals surface area contributed by atoms with Crippen LogP contribution in [0.4, 0.5) is 5.69 Å². The molecule has 2 N–H and O–H groups in total. The van der Waals surface area contributed by atoms with Crippen molar-refractivity contribution in [3.05, 3.63) is 24.0 Å². The second-order valence-electron chi connectivity index (χ2n) is 4.56. The monoisotopic (exact) mass is 262 g/mol. The maximum atomic E-state index is 11.6. The standard InChI is InChI=1S/C13H18N4O2/c1-3-14-10-4-5-15-11(6-10)7-17-8-12(18)16-13(19)9(17)2/h4-6,9H,3,7-8H2,1-2H3,(H,14,15)(H,16,18,19). The van der Waals surface area contributed by atoms with Crippen molar-refractivity contribution in [2.75, 3.05) is 18.4 Å². The van der Waals surface area contributed by atoms with Crippen molar-refractivity contribution in [3.8, 4) is 0 Å². The predicted octanol–water partition coefficient (Wildman–Crippen LogP) is 0.360. The van der Waals surface area contributed by atoms with E-state index in [2.05, 4.69) is 15.6 Å². The molecule has 1 fully saturated rings. The Kier molecular flexibility index (Phi) is 4.11. The summed E-state index contributed by atoms with van der Waals surface area (Å²) < 4.78 is 0. The van der Waals surface area contributed by atoms with Gasteiger partial charge in [0.2, 0.25) is 11.8 Å². The van der Waals surface area contributed by atoms with Gasteiger partial charge in [-0.3, -0.25) is 24.8 Å². The third-order valence-electron chi connectivity index (χ3n) is 3.10. The number of rotatable bonds is 4. The molecule has 0 bridgehead atoms. The van der Waals surface area contributed by atoms with Gasteiger partial charge in [0.15, 0.2) is 0 Å². The van der Waals surface area contributed by atoms with E-state index in [0.29, 0.717) is 6.54 Å². The number of piperazine rings is 1. The van der Waals surface area contributed by atoms with E-state index in [4.69, 9.17) is 0 Å². The fraction of sp³-hybridized carbons (Fsp3) is 0.462. The van der Waals surface area contributed by atoms with Crippen LogP contribution in [0.2, 0.25) is 0 Å². The molecule has 1 unspecified atom stereocenters. The number of amides is 2. The van der Waals surface area contributed by atoms with Crippen molar-refractivity contribution < 1.29 is 9.59 Å². The number of carbonyl (C=O) groups is 2. The largest absolute Gasteiger partial charge is 0.385 e. The molecule has 1 aromatic rings. The summed E-state index contributed by atoms with van der Waals surface area (Å²) in [4.78, 5) is 29.0. The van der Waals surface area contributed by atoms with E-state index in [1.165, 1.54) is 0 Å². The highest BCUT2D eigenvalue weighted by molar-refractivity contribution is 6.00. The van der Waals surface area contributed by atoms with Gasteiger partial charge in [-0.1, -0.05) is 0 Å². The Labute approximate surface area is 112 Å². The van der Waals surface area contributed by atoms with Crippen LogP contribution >= 0.6 is 0 Å². The number of aromatic nitrogens is 1. The second-order valence-corrected chi connectivity index (χ2v) is 4.56. The van der Waals surface area contributed by atoms with Crippen LogP contribution in [0.25, 0.3) is 0 Å². The summed E-state index contributed by atoms with van der Waals surface area (Å²) in [7, 11) is 0. The molecule has 1 saturated heterocycles. The van der Waals surface area contributed by atoms with Gasteiger partial charge < -0.3 is 5.32 Å². The second kappa shape index (κ2) is 5.79. The summed E-state index contributed by atoms with van der Waals surface area (Å²) in [6, 6.07) is 3.51. The van der Waals surface area contributed by atoms with Gasteiger partial charge in [0.25, 0.3) is 0 Å². The minimum atomic E-state index is -0.317. The number of imide groups is 1. The Hall–Kier alpha value is -1.95. The lowest BCUT2D eigenvalue weighted by Crippen LogP contribution is -2.56. The summed E-state index contributed by atoms with van der Waals surface area (Å²) in [6.07, 6.45) is 1.73. The number of pyridine rings is 1. The lowest BCUT2D eigenvalue weighted by atomic mass is 10.2. The maximum absolute atomic E-state index is 11.6. The Morgan fingerprint density at radius 2 is 2.32 bits per heavy atom. The van der Waals surface area contributed by atoms with E-state index in [1.807, 2.05) is 24.0 Å². The van der Waals surface area contributed by atoms with Gasteiger partial charge in [0.1, 0.15) is 0 Å². The van der Waals surface area contributed by atoms with Gasteiger partial charge in [-0.15, -0.1) is 0 Å². The van der Waals surface area contributed by atoms with E-state index in [9.17, 15) is 9.59 Å². The third-order valence-corrected chi connectivity index (χ3v) is 3.10. The van der Waals surface area contributed by atoms with E-state index in [-0.39, 0.29) is 24.4 Å². The molecule has 6 nitrogen and oxygen atoms in total.